The summed E-state index contributed by atoms with van der Waals surface area (Å²) in [6.07, 6.45) is 1.72. The Balaban J connectivity index is 2.13. The van der Waals surface area contributed by atoms with Crippen LogP contribution in [0.15, 0.2) is 24.3 Å². The van der Waals surface area contributed by atoms with E-state index in [-0.39, 0.29) is 12.5 Å². The normalized spacial score (nSPS) is 20.3. The molecule has 6 heteroatoms. The highest BCUT2D eigenvalue weighted by Gasteiger charge is 2.48. The summed E-state index contributed by atoms with van der Waals surface area (Å²) in [6.45, 7) is 4.62. The molecule has 1 N–H and O–H groups in total. The summed E-state index contributed by atoms with van der Waals surface area (Å²) in [5, 5.41) is 11.3. The molecule has 3 amide bonds. The molecule has 1 aliphatic heterocycles. The molecule has 0 radical (unpaired) electrons. The SMILES string of the molecule is CCCOc1ccc(C2(C)NC(=O)N(CCCC#N)C2=O)cc1. The maximum atomic E-state index is 12.6. The zero-order chi connectivity index (χ0) is 16.9. The van der Waals surface area contributed by atoms with Crippen LogP contribution < -0.4 is 10.1 Å². The third kappa shape index (κ3) is 3.45. The van der Waals surface area contributed by atoms with E-state index < -0.39 is 11.6 Å². The number of amides is 3. The van der Waals surface area contributed by atoms with E-state index in [0.717, 1.165) is 12.2 Å². The van der Waals surface area contributed by atoms with Crippen LogP contribution in [0.25, 0.3) is 0 Å². The first-order valence-corrected chi connectivity index (χ1v) is 7.77. The Labute approximate surface area is 136 Å². The van der Waals surface area contributed by atoms with Gasteiger partial charge in [0.05, 0.1) is 12.7 Å². The smallest absolute Gasteiger partial charge is 0.325 e. The fraction of sp³-hybridized carbons (Fsp3) is 0.471. The lowest BCUT2D eigenvalue weighted by Crippen LogP contribution is -2.40. The van der Waals surface area contributed by atoms with E-state index in [2.05, 4.69) is 5.32 Å². The molecule has 6 nitrogen and oxygen atoms in total. The average molecular weight is 315 g/mol. The van der Waals surface area contributed by atoms with Gasteiger partial charge in [-0.3, -0.25) is 9.69 Å². The van der Waals surface area contributed by atoms with Gasteiger partial charge in [0.25, 0.3) is 5.91 Å². The Morgan fingerprint density at radius 3 is 2.61 bits per heavy atom. The fourth-order valence-electron chi connectivity index (χ4n) is 2.52. The Kier molecular flexibility index (Phi) is 5.22. The van der Waals surface area contributed by atoms with Crippen molar-refractivity contribution >= 4 is 11.9 Å². The first kappa shape index (κ1) is 16.8. The number of unbranched alkanes of at least 4 members (excludes halogenated alkanes) is 1. The molecule has 1 fully saturated rings. The zero-order valence-electron chi connectivity index (χ0n) is 13.5. The number of carbonyl (C=O) groups excluding carboxylic acids is 2. The van der Waals surface area contributed by atoms with Crippen molar-refractivity contribution in [3.8, 4) is 11.8 Å². The topological polar surface area (TPSA) is 82.4 Å². The summed E-state index contributed by atoms with van der Waals surface area (Å²) in [7, 11) is 0. The van der Waals surface area contributed by atoms with Crippen molar-refractivity contribution in [2.45, 2.75) is 38.6 Å². The first-order valence-electron chi connectivity index (χ1n) is 7.77. The molecule has 23 heavy (non-hydrogen) atoms. The summed E-state index contributed by atoms with van der Waals surface area (Å²) in [5.74, 6) is 0.449. The fourth-order valence-corrected chi connectivity index (χ4v) is 2.52. The summed E-state index contributed by atoms with van der Waals surface area (Å²) in [6, 6.07) is 8.78. The van der Waals surface area contributed by atoms with Gasteiger partial charge in [0.1, 0.15) is 11.3 Å². The van der Waals surface area contributed by atoms with E-state index in [4.69, 9.17) is 10.00 Å². The van der Waals surface area contributed by atoms with E-state index in [0.29, 0.717) is 25.0 Å². The van der Waals surface area contributed by atoms with Crippen LogP contribution in [0.1, 0.15) is 38.7 Å². The van der Waals surface area contributed by atoms with Crippen LogP contribution in [0.4, 0.5) is 4.79 Å². The van der Waals surface area contributed by atoms with Crippen molar-refractivity contribution in [1.29, 1.82) is 5.26 Å². The monoisotopic (exact) mass is 315 g/mol. The van der Waals surface area contributed by atoms with Crippen molar-refractivity contribution in [3.63, 3.8) is 0 Å². The van der Waals surface area contributed by atoms with Gasteiger partial charge in [-0.15, -0.1) is 0 Å². The lowest BCUT2D eigenvalue weighted by Gasteiger charge is -2.22. The Bertz CT molecular complexity index is 621. The van der Waals surface area contributed by atoms with Crippen molar-refractivity contribution < 1.29 is 14.3 Å². The number of urea groups is 1. The number of carbonyl (C=O) groups is 2. The van der Waals surface area contributed by atoms with Gasteiger partial charge in [-0.1, -0.05) is 19.1 Å². The molecule has 1 aromatic rings. The second-order valence-corrected chi connectivity index (χ2v) is 5.65. The lowest BCUT2D eigenvalue weighted by molar-refractivity contribution is -0.131. The van der Waals surface area contributed by atoms with E-state index in [1.165, 1.54) is 4.90 Å². The third-order valence-corrected chi connectivity index (χ3v) is 3.85. The van der Waals surface area contributed by atoms with Crippen molar-refractivity contribution in [3.05, 3.63) is 29.8 Å². The minimum atomic E-state index is -1.08. The Morgan fingerprint density at radius 1 is 1.30 bits per heavy atom. The second kappa shape index (κ2) is 7.14. The molecule has 0 aromatic heterocycles. The molecule has 0 bridgehead atoms. The van der Waals surface area contributed by atoms with E-state index in [1.807, 2.05) is 13.0 Å². The predicted octanol–water partition coefficient (Wildman–Crippen LogP) is 2.55. The summed E-state index contributed by atoms with van der Waals surface area (Å²) in [5.41, 5.74) is -0.366. The summed E-state index contributed by atoms with van der Waals surface area (Å²) < 4.78 is 5.53. The number of nitrogens with zero attached hydrogens (tertiary/aromatic N) is 2. The van der Waals surface area contributed by atoms with Crippen LogP contribution in [0, 0.1) is 11.3 Å². The lowest BCUT2D eigenvalue weighted by atomic mass is 9.92. The average Bonchev–Trinajstić information content (AvgIpc) is 2.77. The maximum absolute atomic E-state index is 12.6. The minimum Gasteiger partial charge on any atom is -0.494 e. The Hall–Kier alpha value is -2.55. The second-order valence-electron chi connectivity index (χ2n) is 5.65. The molecule has 0 spiro atoms. The molecule has 0 aliphatic carbocycles. The highest BCUT2D eigenvalue weighted by molar-refractivity contribution is 6.07. The van der Waals surface area contributed by atoms with Gasteiger partial charge in [0.2, 0.25) is 0 Å². The molecule has 1 heterocycles. The van der Waals surface area contributed by atoms with Gasteiger partial charge in [0, 0.05) is 13.0 Å². The number of ether oxygens (including phenoxy) is 1. The standard InChI is InChI=1S/C17H21N3O3/c1-3-12-23-14-8-6-13(7-9-14)17(2)15(21)20(16(22)19-17)11-5-4-10-18/h6-9H,3-5,11-12H2,1-2H3,(H,19,22). The number of imide groups is 1. The quantitative estimate of drug-likeness (QED) is 0.619. The number of nitriles is 1. The number of benzene rings is 1. The van der Waals surface area contributed by atoms with Crippen molar-refractivity contribution in [2.24, 2.45) is 0 Å². The third-order valence-electron chi connectivity index (χ3n) is 3.85. The molecule has 1 aromatic carbocycles. The number of nitrogens with one attached hydrogen (secondary N) is 1. The summed E-state index contributed by atoms with van der Waals surface area (Å²) >= 11 is 0. The molecule has 1 aliphatic rings. The van der Waals surface area contributed by atoms with Crippen LogP contribution in [0.3, 0.4) is 0 Å². The van der Waals surface area contributed by atoms with Crippen molar-refractivity contribution in [2.75, 3.05) is 13.2 Å². The molecule has 122 valence electrons. The van der Waals surface area contributed by atoms with Gasteiger partial charge in [-0.25, -0.2) is 4.79 Å². The van der Waals surface area contributed by atoms with Crippen LogP contribution in [0.2, 0.25) is 0 Å². The van der Waals surface area contributed by atoms with Crippen LogP contribution in [-0.4, -0.2) is 30.0 Å². The first-order chi connectivity index (χ1) is 11.0. The highest BCUT2D eigenvalue weighted by Crippen LogP contribution is 2.30. The molecule has 0 saturated carbocycles. The van der Waals surface area contributed by atoms with Gasteiger partial charge in [-0.05, 0) is 37.5 Å². The summed E-state index contributed by atoms with van der Waals surface area (Å²) in [4.78, 5) is 25.9. The largest absolute Gasteiger partial charge is 0.494 e. The zero-order valence-corrected chi connectivity index (χ0v) is 13.5. The molecule has 2 rings (SSSR count). The Morgan fingerprint density at radius 2 is 2.00 bits per heavy atom. The van der Waals surface area contributed by atoms with E-state index in [9.17, 15) is 9.59 Å². The number of rotatable bonds is 7. The van der Waals surface area contributed by atoms with Crippen LogP contribution in [-0.2, 0) is 10.3 Å². The predicted molar refractivity (Wildman–Crippen MR) is 84.7 cm³/mol. The minimum absolute atomic E-state index is 0.255. The van der Waals surface area contributed by atoms with Crippen LogP contribution in [0.5, 0.6) is 5.75 Å². The molecule has 1 unspecified atom stereocenters. The van der Waals surface area contributed by atoms with Gasteiger partial charge in [0.15, 0.2) is 0 Å². The van der Waals surface area contributed by atoms with E-state index >= 15 is 0 Å². The highest BCUT2D eigenvalue weighted by atomic mass is 16.5. The number of hydrogen-bond acceptors (Lipinski definition) is 4. The van der Waals surface area contributed by atoms with Crippen LogP contribution >= 0.6 is 0 Å². The number of hydrogen-bond donors (Lipinski definition) is 1. The van der Waals surface area contributed by atoms with Gasteiger partial charge in [-0.2, -0.15) is 5.26 Å². The van der Waals surface area contributed by atoms with Crippen molar-refractivity contribution in [1.82, 2.24) is 10.2 Å². The molecular weight excluding hydrogens is 294 g/mol. The van der Waals surface area contributed by atoms with Gasteiger partial charge >= 0.3 is 6.03 Å². The van der Waals surface area contributed by atoms with Gasteiger partial charge < -0.3 is 10.1 Å². The molecule has 1 atom stereocenters. The maximum Gasteiger partial charge on any atom is 0.325 e. The van der Waals surface area contributed by atoms with E-state index in [1.54, 1.807) is 31.2 Å². The molecule has 1 saturated heterocycles. The molecular formula is C17H21N3O3.